The highest BCUT2D eigenvalue weighted by Crippen LogP contribution is 2.43. The van der Waals surface area contributed by atoms with Crippen molar-refractivity contribution >= 4 is 82.4 Å². The van der Waals surface area contributed by atoms with Crippen LogP contribution in [0.25, 0.3) is 70.8 Å². The van der Waals surface area contributed by atoms with Gasteiger partial charge in [-0.3, -0.25) is 4.57 Å². The summed E-state index contributed by atoms with van der Waals surface area (Å²) in [4.78, 5) is 5.47. The summed E-state index contributed by atoms with van der Waals surface area (Å²) in [6, 6.07) is 61.2. The molecule has 0 saturated carbocycles. The van der Waals surface area contributed by atoms with E-state index in [0.717, 1.165) is 33.9 Å². The molecule has 4 nitrogen and oxygen atoms in total. The number of para-hydroxylation sites is 3. The Labute approximate surface area is 288 Å². The lowest BCUT2D eigenvalue weighted by Gasteiger charge is -2.29. The highest BCUT2D eigenvalue weighted by Gasteiger charge is 2.29. The maximum atomic E-state index is 5.47. The summed E-state index contributed by atoms with van der Waals surface area (Å²) in [6.07, 6.45) is 0. The third-order valence-corrected chi connectivity index (χ3v) is 10.5. The molecule has 1 unspecified atom stereocenters. The Kier molecular flexibility index (Phi) is 5.69. The topological polar surface area (TPSA) is 34.2 Å². The van der Waals surface area contributed by atoms with E-state index in [1.54, 1.807) is 0 Å². The van der Waals surface area contributed by atoms with E-state index in [9.17, 15) is 0 Å². The minimum absolute atomic E-state index is 0.154. The van der Waals surface area contributed by atoms with Gasteiger partial charge in [-0.25, -0.2) is 4.99 Å². The van der Waals surface area contributed by atoms with E-state index in [0.29, 0.717) is 0 Å². The lowest BCUT2D eigenvalue weighted by molar-refractivity contribution is 0.962. The van der Waals surface area contributed by atoms with E-state index in [1.165, 1.54) is 59.7 Å². The summed E-state index contributed by atoms with van der Waals surface area (Å²) in [5.74, 6) is 0.956. The number of hydrogen-bond donors (Lipinski definition) is 1. The number of aliphatic imine (C=N–C) groups is 1. The molecule has 10 aromatic rings. The van der Waals surface area contributed by atoms with Crippen molar-refractivity contribution < 1.29 is 0 Å². The molecule has 0 bridgehead atoms. The Morgan fingerprint density at radius 1 is 0.440 bits per heavy atom. The summed E-state index contributed by atoms with van der Waals surface area (Å²) in [5.41, 5.74) is 8.94. The Bertz CT molecular complexity index is 3020. The first-order valence-electron chi connectivity index (χ1n) is 17.2. The lowest BCUT2D eigenvalue weighted by Crippen LogP contribution is -2.29. The zero-order chi connectivity index (χ0) is 32.8. The number of fused-ring (bicyclic) bond motifs is 10. The molecule has 1 aliphatic rings. The average Bonchev–Trinajstić information content (AvgIpc) is 3.68. The Hall–Kier alpha value is -6.65. The van der Waals surface area contributed by atoms with Crippen LogP contribution in [-0.4, -0.2) is 15.0 Å². The molecule has 50 heavy (non-hydrogen) atoms. The van der Waals surface area contributed by atoms with Crippen molar-refractivity contribution in [2.24, 2.45) is 4.99 Å². The fraction of sp³-hybridized carbons (Fsp3) is 0.0217. The molecular formula is C46H30N4. The highest BCUT2D eigenvalue weighted by atomic mass is 15.2. The number of hydrogen-bond acceptors (Lipinski definition) is 2. The van der Waals surface area contributed by atoms with E-state index < -0.39 is 0 Å². The van der Waals surface area contributed by atoms with Gasteiger partial charge >= 0.3 is 0 Å². The molecule has 1 atom stereocenters. The van der Waals surface area contributed by atoms with Crippen molar-refractivity contribution in [2.75, 3.05) is 5.32 Å². The van der Waals surface area contributed by atoms with E-state index in [2.05, 4.69) is 184 Å². The zero-order valence-electron chi connectivity index (χ0n) is 27.1. The second-order valence-corrected chi connectivity index (χ2v) is 13.3. The van der Waals surface area contributed by atoms with Crippen LogP contribution in [0.4, 0.5) is 11.4 Å². The number of nitrogens with zero attached hydrogens (tertiary/aromatic N) is 3. The van der Waals surface area contributed by atoms with Crippen LogP contribution in [0.5, 0.6) is 0 Å². The summed E-state index contributed by atoms with van der Waals surface area (Å²) >= 11 is 0. The Balaban J connectivity index is 1.30. The van der Waals surface area contributed by atoms with Crippen molar-refractivity contribution in [3.8, 4) is 5.69 Å². The lowest BCUT2D eigenvalue weighted by atomic mass is 10.0. The van der Waals surface area contributed by atoms with Gasteiger partial charge < -0.3 is 9.88 Å². The van der Waals surface area contributed by atoms with Gasteiger partial charge in [0, 0.05) is 27.2 Å². The largest absolute Gasteiger partial charge is 0.370 e. The van der Waals surface area contributed by atoms with Gasteiger partial charge in [0.05, 0.1) is 33.4 Å². The van der Waals surface area contributed by atoms with Gasteiger partial charge in [0.15, 0.2) is 0 Å². The first-order chi connectivity index (χ1) is 24.8. The van der Waals surface area contributed by atoms with Crippen molar-refractivity contribution in [3.05, 3.63) is 175 Å². The Morgan fingerprint density at radius 2 is 1.14 bits per heavy atom. The number of nitrogens with one attached hydrogen (secondary N) is 1. The normalized spacial score (nSPS) is 14.5. The predicted molar refractivity (Wildman–Crippen MR) is 211 cm³/mol. The SMILES string of the molecule is c1ccc(C2Nc3ccccc3N=C2n2c3cc4c(cc3c3c5ccccc5ccc32)c2ccccc2n4-c2ccc3ccccc3c2)cc1. The maximum absolute atomic E-state index is 5.47. The molecule has 234 valence electrons. The van der Waals surface area contributed by atoms with E-state index >= 15 is 0 Å². The first kappa shape index (κ1) is 27.3. The van der Waals surface area contributed by atoms with Crippen molar-refractivity contribution in [1.29, 1.82) is 0 Å². The molecule has 3 heterocycles. The quantitative estimate of drug-likeness (QED) is 0.201. The zero-order valence-corrected chi connectivity index (χ0v) is 27.1. The number of aromatic nitrogens is 2. The van der Waals surface area contributed by atoms with Crippen LogP contribution in [0.1, 0.15) is 11.6 Å². The molecule has 1 N–H and O–H groups in total. The fourth-order valence-electron chi connectivity index (χ4n) is 8.25. The van der Waals surface area contributed by atoms with Crippen molar-refractivity contribution in [3.63, 3.8) is 0 Å². The monoisotopic (exact) mass is 638 g/mol. The highest BCUT2D eigenvalue weighted by molar-refractivity contribution is 6.28. The number of anilines is 1. The predicted octanol–water partition coefficient (Wildman–Crippen LogP) is 11.9. The summed E-state index contributed by atoms with van der Waals surface area (Å²) in [5, 5.41) is 13.8. The van der Waals surface area contributed by atoms with Gasteiger partial charge in [-0.1, -0.05) is 121 Å². The molecule has 0 amide bonds. The summed E-state index contributed by atoms with van der Waals surface area (Å²) < 4.78 is 4.85. The molecule has 0 saturated heterocycles. The van der Waals surface area contributed by atoms with Gasteiger partial charge in [-0.15, -0.1) is 0 Å². The second kappa shape index (κ2) is 10.4. The first-order valence-corrected chi connectivity index (χ1v) is 17.2. The third-order valence-electron chi connectivity index (χ3n) is 10.5. The van der Waals surface area contributed by atoms with Crippen LogP contribution in [0.15, 0.2) is 175 Å². The minimum Gasteiger partial charge on any atom is -0.370 e. The molecule has 0 fully saturated rings. The van der Waals surface area contributed by atoms with Gasteiger partial charge in [-0.2, -0.15) is 0 Å². The van der Waals surface area contributed by atoms with Crippen LogP contribution >= 0.6 is 0 Å². The molecule has 0 spiro atoms. The van der Waals surface area contributed by atoms with Crippen LogP contribution in [-0.2, 0) is 0 Å². The standard InChI is InChI=1S/C46H30N4/c1-2-14-31(15-3-1)45-46(48-39-20-10-9-19-38(39)47-45)50-41-25-23-30-13-6-7-17-34(30)44(41)37-27-36-35-18-8-11-21-40(35)49(42(36)28-43(37)50)33-24-22-29-12-4-5-16-32(29)26-33/h1-28,45,47H. The Morgan fingerprint density at radius 3 is 2.04 bits per heavy atom. The molecule has 0 aliphatic carbocycles. The van der Waals surface area contributed by atoms with Gasteiger partial charge in [-0.05, 0) is 75.6 Å². The minimum atomic E-state index is -0.154. The number of rotatable bonds is 2. The second-order valence-electron chi connectivity index (χ2n) is 13.3. The number of benzene rings is 8. The van der Waals surface area contributed by atoms with E-state index in [1.807, 2.05) is 0 Å². The van der Waals surface area contributed by atoms with Crippen LogP contribution in [0, 0.1) is 0 Å². The molecule has 8 aromatic carbocycles. The van der Waals surface area contributed by atoms with Crippen molar-refractivity contribution in [2.45, 2.75) is 6.04 Å². The third kappa shape index (κ3) is 3.90. The summed E-state index contributed by atoms with van der Waals surface area (Å²) in [6.45, 7) is 0. The molecule has 1 aliphatic heterocycles. The smallest absolute Gasteiger partial charge is 0.141 e. The van der Waals surface area contributed by atoms with Crippen LogP contribution in [0.3, 0.4) is 0 Å². The molecule has 0 radical (unpaired) electrons. The van der Waals surface area contributed by atoms with Crippen LogP contribution < -0.4 is 5.32 Å². The van der Waals surface area contributed by atoms with Crippen molar-refractivity contribution in [1.82, 2.24) is 9.13 Å². The average molecular weight is 639 g/mol. The van der Waals surface area contributed by atoms with E-state index in [-0.39, 0.29) is 6.04 Å². The van der Waals surface area contributed by atoms with Gasteiger partial charge in [0.1, 0.15) is 11.9 Å². The van der Waals surface area contributed by atoms with Crippen LogP contribution in [0.2, 0.25) is 0 Å². The summed E-state index contributed by atoms with van der Waals surface area (Å²) in [7, 11) is 0. The van der Waals surface area contributed by atoms with Gasteiger partial charge in [0.25, 0.3) is 0 Å². The molecular weight excluding hydrogens is 609 g/mol. The molecule has 11 rings (SSSR count). The van der Waals surface area contributed by atoms with Gasteiger partial charge in [0.2, 0.25) is 0 Å². The molecule has 2 aromatic heterocycles. The fourth-order valence-corrected chi connectivity index (χ4v) is 8.25. The van der Waals surface area contributed by atoms with E-state index in [4.69, 9.17) is 4.99 Å². The maximum Gasteiger partial charge on any atom is 0.141 e. The molecule has 4 heteroatoms.